The van der Waals surface area contributed by atoms with E-state index in [-0.39, 0.29) is 18.2 Å². The van der Waals surface area contributed by atoms with Crippen LogP contribution in [-0.2, 0) is 23.2 Å². The number of aryl methyl sites for hydroxylation is 2. The molecule has 7 heteroatoms. The summed E-state index contributed by atoms with van der Waals surface area (Å²) in [6.45, 7) is 1.83. The molecule has 2 aromatic rings. The van der Waals surface area contributed by atoms with E-state index in [1.807, 2.05) is 24.4 Å². The van der Waals surface area contributed by atoms with Gasteiger partial charge in [-0.15, -0.1) is 22.7 Å². The highest BCUT2D eigenvalue weighted by Gasteiger charge is 2.54. The van der Waals surface area contributed by atoms with Crippen LogP contribution in [0.15, 0.2) is 23.6 Å². The molecule has 4 rings (SSSR count). The van der Waals surface area contributed by atoms with Gasteiger partial charge in [0.15, 0.2) is 5.78 Å². The van der Waals surface area contributed by atoms with Crippen molar-refractivity contribution in [2.45, 2.75) is 38.1 Å². The van der Waals surface area contributed by atoms with E-state index in [0.29, 0.717) is 11.3 Å². The van der Waals surface area contributed by atoms with E-state index in [1.165, 1.54) is 11.3 Å². The number of urea groups is 1. The van der Waals surface area contributed by atoms with Gasteiger partial charge in [-0.05, 0) is 49.3 Å². The van der Waals surface area contributed by atoms with Crippen LogP contribution >= 0.6 is 22.7 Å². The summed E-state index contributed by atoms with van der Waals surface area (Å²) in [5.74, 6) is -0.482. The number of imide groups is 1. The van der Waals surface area contributed by atoms with Crippen LogP contribution in [0.2, 0.25) is 0 Å². The third kappa shape index (κ3) is 2.53. The van der Waals surface area contributed by atoms with Gasteiger partial charge < -0.3 is 5.32 Å². The molecular formula is C18H18N2O3S2. The number of ketones is 1. The second-order valence-corrected chi connectivity index (χ2v) is 8.55. The number of hydrogen-bond donors (Lipinski definition) is 1. The van der Waals surface area contributed by atoms with Crippen molar-refractivity contribution in [3.05, 3.63) is 43.8 Å². The monoisotopic (exact) mass is 374 g/mol. The van der Waals surface area contributed by atoms with Crippen LogP contribution in [0.1, 0.15) is 44.8 Å². The van der Waals surface area contributed by atoms with E-state index in [9.17, 15) is 14.4 Å². The molecule has 3 heterocycles. The summed E-state index contributed by atoms with van der Waals surface area (Å²) < 4.78 is 0. The van der Waals surface area contributed by atoms with Crippen LogP contribution in [0.3, 0.4) is 0 Å². The Morgan fingerprint density at radius 1 is 1.32 bits per heavy atom. The quantitative estimate of drug-likeness (QED) is 0.659. The number of nitrogens with zero attached hydrogens (tertiary/aromatic N) is 1. The number of carbonyl (C=O) groups excluding carboxylic acids is 3. The van der Waals surface area contributed by atoms with Crippen LogP contribution in [0, 0.1) is 0 Å². The number of rotatable bonds is 4. The first-order valence-electron chi connectivity index (χ1n) is 8.38. The lowest BCUT2D eigenvalue weighted by molar-refractivity contribution is -0.131. The average Bonchev–Trinajstić information content (AvgIpc) is 3.31. The Hall–Kier alpha value is -1.99. The van der Waals surface area contributed by atoms with Crippen molar-refractivity contribution in [3.63, 3.8) is 0 Å². The highest BCUT2D eigenvalue weighted by molar-refractivity contribution is 7.14. The minimum absolute atomic E-state index is 0.188. The number of amides is 3. The van der Waals surface area contributed by atoms with Gasteiger partial charge >= 0.3 is 6.03 Å². The van der Waals surface area contributed by atoms with Crippen molar-refractivity contribution >= 4 is 40.4 Å². The smallest absolute Gasteiger partial charge is 0.319 e. The molecule has 3 amide bonds. The van der Waals surface area contributed by atoms with Gasteiger partial charge in [-0.3, -0.25) is 14.5 Å². The lowest BCUT2D eigenvalue weighted by atomic mass is 9.80. The zero-order chi connectivity index (χ0) is 17.6. The van der Waals surface area contributed by atoms with E-state index in [1.54, 1.807) is 17.4 Å². The molecular weight excluding hydrogens is 356 g/mol. The molecule has 0 unspecified atom stereocenters. The van der Waals surface area contributed by atoms with Gasteiger partial charge in [0.2, 0.25) is 0 Å². The first kappa shape index (κ1) is 16.5. The van der Waals surface area contributed by atoms with Gasteiger partial charge in [-0.25, -0.2) is 4.79 Å². The Kier molecular flexibility index (Phi) is 4.00. The summed E-state index contributed by atoms with van der Waals surface area (Å²) >= 11 is 3.05. The molecule has 1 atom stereocenters. The summed E-state index contributed by atoms with van der Waals surface area (Å²) in [6, 6.07) is 5.15. The van der Waals surface area contributed by atoms with E-state index >= 15 is 0 Å². The largest absolute Gasteiger partial charge is 0.325 e. The van der Waals surface area contributed by atoms with Gasteiger partial charge in [-0.1, -0.05) is 6.92 Å². The molecule has 0 radical (unpaired) electrons. The molecule has 2 aliphatic rings. The first-order valence-corrected chi connectivity index (χ1v) is 10.1. The topological polar surface area (TPSA) is 66.5 Å². The van der Waals surface area contributed by atoms with Crippen molar-refractivity contribution in [3.8, 4) is 0 Å². The third-order valence-electron chi connectivity index (χ3n) is 4.92. The Labute approximate surface area is 153 Å². The molecule has 1 fully saturated rings. The minimum Gasteiger partial charge on any atom is -0.319 e. The van der Waals surface area contributed by atoms with Crippen molar-refractivity contribution in [1.82, 2.24) is 10.2 Å². The van der Waals surface area contributed by atoms with Crippen molar-refractivity contribution in [2.75, 3.05) is 6.54 Å². The number of fused-ring (bicyclic) bond motifs is 2. The second-order valence-electron chi connectivity index (χ2n) is 6.38. The molecule has 0 bridgehead atoms. The molecule has 0 saturated carbocycles. The Morgan fingerprint density at radius 2 is 2.16 bits per heavy atom. The predicted molar refractivity (Wildman–Crippen MR) is 97.2 cm³/mol. The average molecular weight is 374 g/mol. The molecule has 1 saturated heterocycles. The van der Waals surface area contributed by atoms with Crippen LogP contribution in [0.4, 0.5) is 4.79 Å². The lowest BCUT2D eigenvalue weighted by Gasteiger charge is -2.31. The molecule has 0 aromatic carbocycles. The van der Waals surface area contributed by atoms with Crippen molar-refractivity contribution in [1.29, 1.82) is 0 Å². The Bertz CT molecular complexity index is 869. The first-order chi connectivity index (χ1) is 12.0. The van der Waals surface area contributed by atoms with Crippen LogP contribution < -0.4 is 5.32 Å². The molecule has 1 N–H and O–H groups in total. The normalized spacial score (nSPS) is 22.4. The maximum atomic E-state index is 13.1. The zero-order valence-corrected chi connectivity index (χ0v) is 15.5. The minimum atomic E-state index is -0.977. The number of hydrogen-bond acceptors (Lipinski definition) is 5. The fourth-order valence-electron chi connectivity index (χ4n) is 3.62. The fourth-order valence-corrected chi connectivity index (χ4v) is 5.50. The zero-order valence-electron chi connectivity index (χ0n) is 13.8. The van der Waals surface area contributed by atoms with Crippen LogP contribution in [-0.4, -0.2) is 29.2 Å². The predicted octanol–water partition coefficient (Wildman–Crippen LogP) is 3.34. The fraction of sp³-hybridized carbons (Fsp3) is 0.389. The highest BCUT2D eigenvalue weighted by atomic mass is 32.1. The summed E-state index contributed by atoms with van der Waals surface area (Å²) in [7, 11) is 0. The maximum absolute atomic E-state index is 13.1. The number of nitrogens with one attached hydrogen (secondary N) is 1. The second kappa shape index (κ2) is 6.07. The summed E-state index contributed by atoms with van der Waals surface area (Å²) in [6.07, 6.45) is 3.24. The SMILES string of the molecule is CCc1ccc(C(=O)CN2C(=O)N[C@]3(CCCc4sccc43)C2=O)s1. The number of carbonyl (C=O) groups is 3. The summed E-state index contributed by atoms with van der Waals surface area (Å²) in [5.41, 5.74) is -0.0731. The summed E-state index contributed by atoms with van der Waals surface area (Å²) in [5, 5.41) is 4.84. The van der Waals surface area contributed by atoms with Gasteiger partial charge in [0, 0.05) is 15.3 Å². The van der Waals surface area contributed by atoms with Crippen molar-refractivity contribution in [2.24, 2.45) is 0 Å². The standard InChI is InChI=1S/C18H18N2O3S2/c1-2-11-5-6-15(25-11)13(21)10-20-16(22)18(19-17(20)23)8-3-4-14-12(18)7-9-24-14/h5-7,9H,2-4,8,10H2,1H3,(H,19,23)/t18-/m0/s1. The molecule has 2 aromatic heterocycles. The van der Waals surface area contributed by atoms with E-state index in [2.05, 4.69) is 5.32 Å². The number of Topliss-reactive ketones (excluding diaryl/α,β-unsaturated/α-hetero) is 1. The molecule has 1 aliphatic carbocycles. The van der Waals surface area contributed by atoms with Crippen LogP contribution in [0.5, 0.6) is 0 Å². The van der Waals surface area contributed by atoms with Gasteiger partial charge in [-0.2, -0.15) is 0 Å². The van der Waals surface area contributed by atoms with E-state index in [4.69, 9.17) is 0 Å². The third-order valence-corrected chi connectivity index (χ3v) is 7.17. The van der Waals surface area contributed by atoms with Gasteiger partial charge in [0.1, 0.15) is 5.54 Å². The van der Waals surface area contributed by atoms with Crippen molar-refractivity contribution < 1.29 is 14.4 Å². The molecule has 1 aliphatic heterocycles. The maximum Gasteiger partial charge on any atom is 0.325 e. The molecule has 1 spiro atoms. The van der Waals surface area contributed by atoms with Gasteiger partial charge in [0.05, 0.1) is 11.4 Å². The van der Waals surface area contributed by atoms with Crippen LogP contribution in [0.25, 0.3) is 0 Å². The van der Waals surface area contributed by atoms with E-state index in [0.717, 1.165) is 39.5 Å². The molecule has 5 nitrogen and oxygen atoms in total. The summed E-state index contributed by atoms with van der Waals surface area (Å²) in [4.78, 5) is 42.0. The Balaban J connectivity index is 1.60. The number of thiophene rings is 2. The Morgan fingerprint density at radius 3 is 2.92 bits per heavy atom. The molecule has 130 valence electrons. The van der Waals surface area contributed by atoms with E-state index < -0.39 is 11.6 Å². The molecule has 25 heavy (non-hydrogen) atoms. The van der Waals surface area contributed by atoms with Gasteiger partial charge in [0.25, 0.3) is 5.91 Å². The lowest BCUT2D eigenvalue weighted by Crippen LogP contribution is -2.46. The highest BCUT2D eigenvalue weighted by Crippen LogP contribution is 2.42.